The fourth-order valence-corrected chi connectivity index (χ4v) is 2.79. The number of benzene rings is 1. The summed E-state index contributed by atoms with van der Waals surface area (Å²) in [5.74, 6) is 1.08. The molecule has 1 atom stereocenters. The molecule has 2 nitrogen and oxygen atoms in total. The first kappa shape index (κ1) is 13.4. The molecule has 1 aliphatic heterocycles. The highest BCUT2D eigenvalue weighted by Gasteiger charge is 2.26. The first-order valence-corrected chi connectivity index (χ1v) is 6.86. The molecule has 1 fully saturated rings. The number of aryl methyl sites for hydroxylation is 1. The van der Waals surface area contributed by atoms with Crippen LogP contribution in [0.1, 0.15) is 56.3 Å². The molecule has 0 spiro atoms. The molecule has 1 N–H and O–H groups in total. The van der Waals surface area contributed by atoms with Crippen LogP contribution in [0.25, 0.3) is 0 Å². The van der Waals surface area contributed by atoms with E-state index in [1.165, 1.54) is 29.5 Å². The zero-order chi connectivity index (χ0) is 13.3. The molecule has 1 aromatic rings. The van der Waals surface area contributed by atoms with Crippen LogP contribution in [0.2, 0.25) is 0 Å². The van der Waals surface area contributed by atoms with Crippen LogP contribution in [-0.2, 0) is 5.41 Å². The van der Waals surface area contributed by atoms with Crippen LogP contribution in [0, 0.1) is 6.92 Å². The number of nitrogens with one attached hydrogen (secondary N) is 1. The van der Waals surface area contributed by atoms with E-state index in [-0.39, 0.29) is 5.41 Å². The molecule has 0 aliphatic carbocycles. The van der Waals surface area contributed by atoms with Crippen molar-refractivity contribution in [3.8, 4) is 5.75 Å². The van der Waals surface area contributed by atoms with Crippen LogP contribution in [0.15, 0.2) is 12.1 Å². The molecule has 2 heteroatoms. The van der Waals surface area contributed by atoms with Gasteiger partial charge in [-0.05, 0) is 31.7 Å². The molecule has 1 aromatic carbocycles. The third-order valence-electron chi connectivity index (χ3n) is 3.71. The van der Waals surface area contributed by atoms with Crippen molar-refractivity contribution in [2.75, 3.05) is 13.7 Å². The van der Waals surface area contributed by atoms with Crippen LogP contribution < -0.4 is 10.1 Å². The Bertz CT molecular complexity index is 425. The number of ether oxygens (including phenoxy) is 1. The van der Waals surface area contributed by atoms with E-state index in [0.717, 1.165) is 12.3 Å². The van der Waals surface area contributed by atoms with E-state index in [2.05, 4.69) is 45.1 Å². The second-order valence-corrected chi connectivity index (χ2v) is 6.33. The standard InChI is InChI=1S/C16H25NO/c1-11-9-12(14-7-6-8-17-14)15(18-5)13(10-11)16(2,3)4/h9-10,14,17H,6-8H2,1-5H3. The summed E-state index contributed by atoms with van der Waals surface area (Å²) in [6.07, 6.45) is 2.47. The Morgan fingerprint density at radius 2 is 2.00 bits per heavy atom. The normalized spacial score (nSPS) is 20.2. The molecule has 1 saturated heterocycles. The molecule has 0 bridgehead atoms. The lowest BCUT2D eigenvalue weighted by atomic mass is 9.83. The number of hydrogen-bond acceptors (Lipinski definition) is 2. The monoisotopic (exact) mass is 247 g/mol. The maximum Gasteiger partial charge on any atom is 0.127 e. The van der Waals surface area contributed by atoms with E-state index in [9.17, 15) is 0 Å². The minimum absolute atomic E-state index is 0.116. The predicted octanol–water partition coefficient (Wildman–Crippen LogP) is 3.73. The summed E-state index contributed by atoms with van der Waals surface area (Å²) in [6.45, 7) is 10.0. The van der Waals surface area contributed by atoms with Gasteiger partial charge < -0.3 is 10.1 Å². The van der Waals surface area contributed by atoms with Crippen molar-refractivity contribution in [3.05, 3.63) is 28.8 Å². The summed E-state index contributed by atoms with van der Waals surface area (Å²) in [7, 11) is 1.79. The van der Waals surface area contributed by atoms with Crippen LogP contribution in [0.5, 0.6) is 5.75 Å². The summed E-state index contributed by atoms with van der Waals surface area (Å²) >= 11 is 0. The molecule has 1 heterocycles. The van der Waals surface area contributed by atoms with Gasteiger partial charge in [-0.15, -0.1) is 0 Å². The van der Waals surface area contributed by atoms with Gasteiger partial charge >= 0.3 is 0 Å². The minimum Gasteiger partial charge on any atom is -0.496 e. The van der Waals surface area contributed by atoms with E-state index < -0.39 is 0 Å². The van der Waals surface area contributed by atoms with Crippen LogP contribution >= 0.6 is 0 Å². The Morgan fingerprint density at radius 3 is 2.50 bits per heavy atom. The summed E-state index contributed by atoms with van der Waals surface area (Å²) < 4.78 is 5.73. The van der Waals surface area contributed by atoms with Crippen LogP contribution in [0.4, 0.5) is 0 Å². The Morgan fingerprint density at radius 1 is 1.28 bits per heavy atom. The third kappa shape index (κ3) is 2.54. The lowest BCUT2D eigenvalue weighted by Crippen LogP contribution is -2.18. The van der Waals surface area contributed by atoms with Crippen LogP contribution in [-0.4, -0.2) is 13.7 Å². The largest absolute Gasteiger partial charge is 0.496 e. The molecular formula is C16H25NO. The van der Waals surface area contributed by atoms with Gasteiger partial charge in [0.2, 0.25) is 0 Å². The van der Waals surface area contributed by atoms with Crippen molar-refractivity contribution < 1.29 is 4.74 Å². The van der Waals surface area contributed by atoms with Crippen LogP contribution in [0.3, 0.4) is 0 Å². The highest BCUT2D eigenvalue weighted by molar-refractivity contribution is 5.49. The lowest BCUT2D eigenvalue weighted by molar-refractivity contribution is 0.386. The molecule has 0 aromatic heterocycles. The van der Waals surface area contributed by atoms with Crippen molar-refractivity contribution in [1.82, 2.24) is 5.32 Å². The zero-order valence-corrected chi connectivity index (χ0v) is 12.3. The topological polar surface area (TPSA) is 21.3 Å². The molecule has 18 heavy (non-hydrogen) atoms. The Kier molecular flexibility index (Phi) is 3.67. The molecule has 1 aliphatic rings. The average molecular weight is 247 g/mol. The Hall–Kier alpha value is -1.02. The summed E-state index contributed by atoms with van der Waals surface area (Å²) in [5, 5.41) is 3.57. The highest BCUT2D eigenvalue weighted by Crippen LogP contribution is 2.39. The molecule has 100 valence electrons. The second-order valence-electron chi connectivity index (χ2n) is 6.33. The number of rotatable bonds is 2. The summed E-state index contributed by atoms with van der Waals surface area (Å²) in [5.41, 5.74) is 4.09. The van der Waals surface area contributed by atoms with Crippen molar-refractivity contribution in [2.45, 2.75) is 52.0 Å². The summed E-state index contributed by atoms with van der Waals surface area (Å²) in [4.78, 5) is 0. The molecule has 0 saturated carbocycles. The van der Waals surface area contributed by atoms with Gasteiger partial charge in [0, 0.05) is 17.2 Å². The van der Waals surface area contributed by atoms with Crippen molar-refractivity contribution >= 4 is 0 Å². The van der Waals surface area contributed by atoms with Gasteiger partial charge in [0.25, 0.3) is 0 Å². The van der Waals surface area contributed by atoms with E-state index in [1.807, 2.05) is 0 Å². The number of hydrogen-bond donors (Lipinski definition) is 1. The predicted molar refractivity (Wildman–Crippen MR) is 76.4 cm³/mol. The molecule has 0 radical (unpaired) electrons. The zero-order valence-electron chi connectivity index (χ0n) is 12.3. The lowest BCUT2D eigenvalue weighted by Gasteiger charge is -2.26. The van der Waals surface area contributed by atoms with E-state index in [1.54, 1.807) is 7.11 Å². The van der Waals surface area contributed by atoms with Gasteiger partial charge in [-0.3, -0.25) is 0 Å². The van der Waals surface area contributed by atoms with Gasteiger partial charge in [-0.2, -0.15) is 0 Å². The molecule has 0 amide bonds. The molecular weight excluding hydrogens is 222 g/mol. The third-order valence-corrected chi connectivity index (χ3v) is 3.71. The fourth-order valence-electron chi connectivity index (χ4n) is 2.79. The Labute approximate surface area is 111 Å². The summed E-state index contributed by atoms with van der Waals surface area (Å²) in [6, 6.07) is 5.00. The molecule has 2 rings (SSSR count). The van der Waals surface area contributed by atoms with E-state index >= 15 is 0 Å². The minimum atomic E-state index is 0.116. The van der Waals surface area contributed by atoms with Gasteiger partial charge in [-0.25, -0.2) is 0 Å². The van der Waals surface area contributed by atoms with Gasteiger partial charge in [0.05, 0.1) is 7.11 Å². The van der Waals surface area contributed by atoms with Crippen molar-refractivity contribution in [3.63, 3.8) is 0 Å². The SMILES string of the molecule is COc1c(C2CCCN2)cc(C)cc1C(C)(C)C. The maximum absolute atomic E-state index is 5.73. The van der Waals surface area contributed by atoms with Gasteiger partial charge in [0.1, 0.15) is 5.75 Å². The fraction of sp³-hybridized carbons (Fsp3) is 0.625. The molecule has 1 unspecified atom stereocenters. The average Bonchev–Trinajstić information content (AvgIpc) is 2.80. The highest BCUT2D eigenvalue weighted by atomic mass is 16.5. The Balaban J connectivity index is 2.54. The van der Waals surface area contributed by atoms with Gasteiger partial charge in [0.15, 0.2) is 0 Å². The maximum atomic E-state index is 5.73. The quantitative estimate of drug-likeness (QED) is 0.860. The first-order valence-electron chi connectivity index (χ1n) is 6.86. The van der Waals surface area contributed by atoms with E-state index in [4.69, 9.17) is 4.74 Å². The number of methoxy groups -OCH3 is 1. The first-order chi connectivity index (χ1) is 8.43. The van der Waals surface area contributed by atoms with Crippen molar-refractivity contribution in [2.24, 2.45) is 0 Å². The smallest absolute Gasteiger partial charge is 0.127 e. The van der Waals surface area contributed by atoms with Crippen molar-refractivity contribution in [1.29, 1.82) is 0 Å². The second kappa shape index (κ2) is 4.93. The van der Waals surface area contributed by atoms with E-state index in [0.29, 0.717) is 6.04 Å². The van der Waals surface area contributed by atoms with Gasteiger partial charge in [-0.1, -0.05) is 38.5 Å².